The number of rotatable bonds is 3. The molecule has 2 N–H and O–H groups in total. The van der Waals surface area contributed by atoms with E-state index in [0.717, 1.165) is 11.4 Å². The quantitative estimate of drug-likeness (QED) is 0.449. The van der Waals surface area contributed by atoms with Gasteiger partial charge in [0.1, 0.15) is 12.3 Å². The van der Waals surface area contributed by atoms with Gasteiger partial charge in [-0.05, 0) is 12.1 Å². The van der Waals surface area contributed by atoms with Crippen LogP contribution in [-0.2, 0) is 4.74 Å². The summed E-state index contributed by atoms with van der Waals surface area (Å²) in [4.78, 5) is 15.6. The van der Waals surface area contributed by atoms with Gasteiger partial charge in [0.15, 0.2) is 12.0 Å². The summed E-state index contributed by atoms with van der Waals surface area (Å²) in [5.74, 6) is 0.205. The van der Waals surface area contributed by atoms with Crippen LogP contribution in [0.2, 0.25) is 0 Å². The van der Waals surface area contributed by atoms with E-state index in [0.29, 0.717) is 17.9 Å². The van der Waals surface area contributed by atoms with E-state index in [9.17, 15) is 4.79 Å². The van der Waals surface area contributed by atoms with Crippen LogP contribution in [0.4, 0.5) is 11.4 Å². The lowest BCUT2D eigenvalue weighted by atomic mass is 10.2. The van der Waals surface area contributed by atoms with Crippen molar-refractivity contribution < 1.29 is 14.8 Å². The van der Waals surface area contributed by atoms with E-state index in [-0.39, 0.29) is 5.97 Å². The first-order valence-electron chi connectivity index (χ1n) is 4.60. The molecular weight excluding hydrogens is 212 g/mol. The number of quaternary nitrogens is 1. The Balaban J connectivity index is 2.15. The Morgan fingerprint density at radius 3 is 3.20 bits per heavy atom. The predicted molar refractivity (Wildman–Crippen MR) is 60.3 cm³/mol. The van der Waals surface area contributed by atoms with Gasteiger partial charge < -0.3 is 4.74 Å². The SMILES string of the molecule is O=C(OCCS)c1ccc2c(c1)N=C[NH2+]2. The Morgan fingerprint density at radius 1 is 1.53 bits per heavy atom. The Morgan fingerprint density at radius 2 is 2.40 bits per heavy atom. The first kappa shape index (κ1) is 10.2. The van der Waals surface area contributed by atoms with Crippen LogP contribution in [0.25, 0.3) is 0 Å². The lowest BCUT2D eigenvalue weighted by Crippen LogP contribution is -2.74. The van der Waals surface area contributed by atoms with Crippen LogP contribution in [0.1, 0.15) is 10.4 Å². The zero-order valence-corrected chi connectivity index (χ0v) is 8.91. The summed E-state index contributed by atoms with van der Waals surface area (Å²) in [7, 11) is 0. The fraction of sp³-hybridized carbons (Fsp3) is 0.200. The molecule has 15 heavy (non-hydrogen) atoms. The van der Waals surface area contributed by atoms with E-state index in [4.69, 9.17) is 4.74 Å². The lowest BCUT2D eigenvalue weighted by Gasteiger charge is -2.02. The summed E-state index contributed by atoms with van der Waals surface area (Å²) in [5, 5.41) is 1.90. The fourth-order valence-corrected chi connectivity index (χ4v) is 1.43. The maximum atomic E-state index is 11.5. The number of benzene rings is 1. The molecule has 1 aromatic rings. The molecular formula is C10H11N2O2S+. The number of esters is 1. The molecule has 0 aromatic heterocycles. The molecule has 0 saturated carbocycles. The first-order chi connectivity index (χ1) is 7.31. The van der Waals surface area contributed by atoms with Crippen molar-refractivity contribution in [3.05, 3.63) is 23.8 Å². The van der Waals surface area contributed by atoms with Gasteiger partial charge >= 0.3 is 5.97 Å². The van der Waals surface area contributed by atoms with Crippen molar-refractivity contribution in [3.63, 3.8) is 0 Å². The molecule has 0 radical (unpaired) electrons. The summed E-state index contributed by atoms with van der Waals surface area (Å²) in [6, 6.07) is 5.33. The zero-order valence-electron chi connectivity index (χ0n) is 8.01. The number of ether oxygens (including phenoxy) is 1. The van der Waals surface area contributed by atoms with Gasteiger partial charge in [0, 0.05) is 11.8 Å². The van der Waals surface area contributed by atoms with Gasteiger partial charge in [-0.25, -0.2) is 4.79 Å². The normalized spacial score (nSPS) is 12.6. The molecule has 0 bridgehead atoms. The number of hydrogen-bond acceptors (Lipinski definition) is 4. The van der Waals surface area contributed by atoms with Gasteiger partial charge in [0.2, 0.25) is 0 Å². The number of carbonyl (C=O) groups excluding carboxylic acids is 1. The number of nitrogens with two attached hydrogens (primary N) is 1. The van der Waals surface area contributed by atoms with Crippen molar-refractivity contribution in [1.82, 2.24) is 0 Å². The minimum absolute atomic E-state index is 0.325. The highest BCUT2D eigenvalue weighted by molar-refractivity contribution is 7.80. The number of nitrogens with zero attached hydrogens (tertiary/aromatic N) is 1. The second-order valence-electron chi connectivity index (χ2n) is 3.08. The molecule has 0 saturated heterocycles. The van der Waals surface area contributed by atoms with Crippen molar-refractivity contribution in [1.29, 1.82) is 0 Å². The van der Waals surface area contributed by atoms with E-state index < -0.39 is 0 Å². The molecule has 0 fully saturated rings. The Hall–Kier alpha value is -1.33. The van der Waals surface area contributed by atoms with Gasteiger partial charge in [-0.3, -0.25) is 5.32 Å². The maximum absolute atomic E-state index is 11.5. The topological polar surface area (TPSA) is 55.3 Å². The highest BCUT2D eigenvalue weighted by Crippen LogP contribution is 2.24. The van der Waals surface area contributed by atoms with Crippen molar-refractivity contribution in [2.24, 2.45) is 4.99 Å². The number of fused-ring (bicyclic) bond motifs is 1. The third-order valence-corrected chi connectivity index (χ3v) is 2.24. The highest BCUT2D eigenvalue weighted by Gasteiger charge is 2.14. The van der Waals surface area contributed by atoms with E-state index in [1.165, 1.54) is 0 Å². The van der Waals surface area contributed by atoms with Crippen LogP contribution in [0.3, 0.4) is 0 Å². The second kappa shape index (κ2) is 4.46. The number of carbonyl (C=O) groups is 1. The molecule has 2 rings (SSSR count). The minimum Gasteiger partial charge on any atom is -0.461 e. The standard InChI is InChI=1S/C10H10N2O2S/c13-10(14-3-4-15)7-1-2-8-9(5-7)12-6-11-8/h1-2,5-6,15H,3-4H2,(H,11,12)/p+1. The average molecular weight is 223 g/mol. The van der Waals surface area contributed by atoms with Crippen LogP contribution < -0.4 is 5.32 Å². The molecule has 0 aliphatic carbocycles. The Labute approximate surface area is 92.8 Å². The monoisotopic (exact) mass is 223 g/mol. The number of thiol groups is 1. The first-order valence-corrected chi connectivity index (χ1v) is 5.24. The van der Waals surface area contributed by atoms with Crippen LogP contribution in [0.5, 0.6) is 0 Å². The van der Waals surface area contributed by atoms with E-state index in [1.54, 1.807) is 18.5 Å². The van der Waals surface area contributed by atoms with Gasteiger partial charge in [-0.2, -0.15) is 17.6 Å². The molecule has 0 atom stereocenters. The van der Waals surface area contributed by atoms with Crippen molar-refractivity contribution in [2.45, 2.75) is 0 Å². The maximum Gasteiger partial charge on any atom is 0.338 e. The fourth-order valence-electron chi connectivity index (χ4n) is 1.34. The summed E-state index contributed by atoms with van der Waals surface area (Å²) in [5.41, 5.74) is 2.37. The Kier molecular flexibility index (Phi) is 3.03. The predicted octanol–water partition coefficient (Wildman–Crippen LogP) is 0.641. The number of hydrogen-bond donors (Lipinski definition) is 2. The van der Waals surface area contributed by atoms with Gasteiger partial charge in [0.05, 0.1) is 5.56 Å². The van der Waals surface area contributed by atoms with Crippen molar-refractivity contribution in [2.75, 3.05) is 12.4 Å². The summed E-state index contributed by atoms with van der Waals surface area (Å²) < 4.78 is 4.96. The molecule has 5 heteroatoms. The van der Waals surface area contributed by atoms with Crippen molar-refractivity contribution in [3.8, 4) is 0 Å². The van der Waals surface area contributed by atoms with Crippen LogP contribution >= 0.6 is 12.6 Å². The molecule has 0 unspecified atom stereocenters. The van der Waals surface area contributed by atoms with E-state index in [2.05, 4.69) is 17.6 Å². The highest BCUT2D eigenvalue weighted by atomic mass is 32.1. The summed E-state index contributed by atoms with van der Waals surface area (Å²) in [6.45, 7) is 0.328. The van der Waals surface area contributed by atoms with Crippen LogP contribution in [0, 0.1) is 0 Å². The molecule has 4 nitrogen and oxygen atoms in total. The minimum atomic E-state index is -0.325. The van der Waals surface area contributed by atoms with Gasteiger partial charge in [-0.15, -0.1) is 0 Å². The molecule has 1 heterocycles. The largest absolute Gasteiger partial charge is 0.461 e. The van der Waals surface area contributed by atoms with Gasteiger partial charge in [-0.1, -0.05) is 0 Å². The van der Waals surface area contributed by atoms with Crippen molar-refractivity contribution >= 4 is 36.3 Å². The van der Waals surface area contributed by atoms with E-state index >= 15 is 0 Å². The average Bonchev–Trinajstić information content (AvgIpc) is 2.72. The molecule has 0 spiro atoms. The lowest BCUT2D eigenvalue weighted by molar-refractivity contribution is -0.427. The van der Waals surface area contributed by atoms with Crippen LogP contribution in [-0.4, -0.2) is 24.7 Å². The third-order valence-electron chi connectivity index (χ3n) is 2.06. The van der Waals surface area contributed by atoms with Gasteiger partial charge in [0.25, 0.3) is 0 Å². The smallest absolute Gasteiger partial charge is 0.338 e. The number of aliphatic imine (C=N–C) groups is 1. The molecule has 78 valence electrons. The molecule has 1 aromatic carbocycles. The second-order valence-corrected chi connectivity index (χ2v) is 3.53. The van der Waals surface area contributed by atoms with E-state index in [1.807, 2.05) is 11.4 Å². The van der Waals surface area contributed by atoms with Crippen LogP contribution in [0.15, 0.2) is 23.2 Å². The summed E-state index contributed by atoms with van der Waals surface area (Å²) in [6.07, 6.45) is 1.72. The summed E-state index contributed by atoms with van der Waals surface area (Å²) >= 11 is 3.97. The molecule has 0 amide bonds. The molecule has 1 aliphatic rings. The Bertz CT molecular complexity index is 418. The zero-order chi connectivity index (χ0) is 10.7. The molecule has 1 aliphatic heterocycles. The third kappa shape index (κ3) is 2.19.